The van der Waals surface area contributed by atoms with Gasteiger partial charge >= 0.3 is 0 Å². The maximum Gasteiger partial charge on any atom is 0.171 e. The van der Waals surface area contributed by atoms with Gasteiger partial charge in [0.1, 0.15) is 16.7 Å². The first-order valence-electron chi connectivity index (χ1n) is 5.62. The Labute approximate surface area is 131 Å². The van der Waals surface area contributed by atoms with Gasteiger partial charge < -0.3 is 16.4 Å². The number of nitrogen functional groups attached to an aromatic ring is 1. The summed E-state index contributed by atoms with van der Waals surface area (Å²) in [6.07, 6.45) is 1.39. The summed E-state index contributed by atoms with van der Waals surface area (Å²) in [5.41, 5.74) is 7.02. The van der Waals surface area contributed by atoms with E-state index in [4.69, 9.17) is 41.2 Å². The zero-order valence-electron chi connectivity index (χ0n) is 10.2. The summed E-state index contributed by atoms with van der Waals surface area (Å²) >= 11 is 16.8. The van der Waals surface area contributed by atoms with E-state index in [-0.39, 0.29) is 5.15 Å². The van der Waals surface area contributed by atoms with E-state index in [2.05, 4.69) is 20.6 Å². The molecule has 0 saturated heterocycles. The molecule has 0 radical (unpaired) electrons. The van der Waals surface area contributed by atoms with Crippen LogP contribution >= 0.6 is 35.4 Å². The van der Waals surface area contributed by atoms with Crippen molar-refractivity contribution in [1.82, 2.24) is 15.3 Å². The summed E-state index contributed by atoms with van der Waals surface area (Å²) in [5, 5.41) is 7.31. The number of anilines is 2. The average Bonchev–Trinajstić information content (AvgIpc) is 2.40. The molecule has 0 unspecified atom stereocenters. The molecule has 0 spiro atoms. The maximum atomic E-state index is 5.89. The van der Waals surface area contributed by atoms with E-state index in [1.165, 1.54) is 6.20 Å². The molecular formula is C12H11Cl2N5S. The van der Waals surface area contributed by atoms with Gasteiger partial charge in [-0.25, -0.2) is 9.97 Å². The van der Waals surface area contributed by atoms with Crippen molar-refractivity contribution < 1.29 is 0 Å². The molecule has 104 valence electrons. The third-order valence-electron chi connectivity index (χ3n) is 2.35. The molecule has 1 heterocycles. The smallest absolute Gasteiger partial charge is 0.171 e. The molecule has 0 aliphatic heterocycles. The number of hydrogen-bond donors (Lipinski definition) is 3. The lowest BCUT2D eigenvalue weighted by molar-refractivity contribution is 0.875. The lowest BCUT2D eigenvalue weighted by atomic mass is 10.3. The van der Waals surface area contributed by atoms with Crippen LogP contribution in [0.1, 0.15) is 5.69 Å². The highest BCUT2D eigenvalue weighted by molar-refractivity contribution is 7.80. The van der Waals surface area contributed by atoms with E-state index in [9.17, 15) is 0 Å². The minimum absolute atomic E-state index is 0.282. The Morgan fingerprint density at radius 1 is 1.35 bits per heavy atom. The van der Waals surface area contributed by atoms with E-state index >= 15 is 0 Å². The fourth-order valence-corrected chi connectivity index (χ4v) is 1.98. The number of thiocarbonyl (C=S) groups is 1. The van der Waals surface area contributed by atoms with Crippen molar-refractivity contribution in [2.75, 3.05) is 11.1 Å². The van der Waals surface area contributed by atoms with Crippen LogP contribution in [0.25, 0.3) is 0 Å². The van der Waals surface area contributed by atoms with Crippen LogP contribution in [-0.4, -0.2) is 15.1 Å². The first-order chi connectivity index (χ1) is 9.54. The van der Waals surface area contributed by atoms with Crippen molar-refractivity contribution >= 4 is 52.0 Å². The van der Waals surface area contributed by atoms with Gasteiger partial charge in [0.2, 0.25) is 0 Å². The van der Waals surface area contributed by atoms with Crippen LogP contribution in [0.5, 0.6) is 0 Å². The number of nitrogens with two attached hydrogens (primary N) is 1. The van der Waals surface area contributed by atoms with Gasteiger partial charge in [-0.2, -0.15) is 0 Å². The Bertz CT molecular complexity index is 635. The minimum Gasteiger partial charge on any atom is -0.382 e. The molecule has 0 aliphatic rings. The second kappa shape index (κ2) is 6.69. The van der Waals surface area contributed by atoms with Crippen LogP contribution in [0.2, 0.25) is 10.2 Å². The summed E-state index contributed by atoms with van der Waals surface area (Å²) in [7, 11) is 0. The van der Waals surface area contributed by atoms with Crippen molar-refractivity contribution in [2.24, 2.45) is 0 Å². The van der Waals surface area contributed by atoms with Crippen LogP contribution in [0.15, 0.2) is 30.5 Å². The summed E-state index contributed by atoms with van der Waals surface area (Å²) in [6, 6.07) is 7.23. The minimum atomic E-state index is 0.282. The number of hydrogen-bond acceptors (Lipinski definition) is 4. The van der Waals surface area contributed by atoms with Gasteiger partial charge in [-0.1, -0.05) is 29.3 Å². The molecule has 0 amide bonds. The third kappa shape index (κ3) is 4.19. The predicted molar refractivity (Wildman–Crippen MR) is 86.0 cm³/mol. The fourth-order valence-electron chi connectivity index (χ4n) is 1.45. The van der Waals surface area contributed by atoms with Crippen molar-refractivity contribution in [3.8, 4) is 0 Å². The highest BCUT2D eigenvalue weighted by Gasteiger charge is 2.05. The van der Waals surface area contributed by atoms with Crippen molar-refractivity contribution in [3.05, 3.63) is 46.3 Å². The highest BCUT2D eigenvalue weighted by Crippen LogP contribution is 2.15. The monoisotopic (exact) mass is 327 g/mol. The first-order valence-corrected chi connectivity index (χ1v) is 6.78. The van der Waals surface area contributed by atoms with Gasteiger partial charge in [-0.05, 0) is 30.4 Å². The number of nitrogens with one attached hydrogen (secondary N) is 2. The molecule has 5 nitrogen and oxygen atoms in total. The van der Waals surface area contributed by atoms with E-state index in [0.29, 0.717) is 28.2 Å². The van der Waals surface area contributed by atoms with Crippen molar-refractivity contribution in [3.63, 3.8) is 0 Å². The zero-order chi connectivity index (χ0) is 14.5. The lowest BCUT2D eigenvalue weighted by Crippen LogP contribution is -2.28. The number of halogens is 2. The molecule has 4 N–H and O–H groups in total. The normalized spacial score (nSPS) is 10.1. The van der Waals surface area contributed by atoms with Gasteiger partial charge in [-0.3, -0.25) is 0 Å². The molecule has 2 aromatic rings. The van der Waals surface area contributed by atoms with E-state index < -0.39 is 0 Å². The molecule has 8 heteroatoms. The van der Waals surface area contributed by atoms with Gasteiger partial charge in [0.05, 0.1) is 12.7 Å². The number of aromatic nitrogens is 2. The van der Waals surface area contributed by atoms with Crippen molar-refractivity contribution in [2.45, 2.75) is 6.54 Å². The van der Waals surface area contributed by atoms with Crippen LogP contribution in [0.3, 0.4) is 0 Å². The summed E-state index contributed by atoms with van der Waals surface area (Å²) in [4.78, 5) is 7.99. The van der Waals surface area contributed by atoms with Gasteiger partial charge in [0.15, 0.2) is 5.11 Å². The summed E-state index contributed by atoms with van der Waals surface area (Å²) in [6.45, 7) is 0.325. The molecule has 0 saturated carbocycles. The Hall–Kier alpha value is -1.63. The molecular weight excluding hydrogens is 317 g/mol. The Morgan fingerprint density at radius 2 is 2.15 bits per heavy atom. The summed E-state index contributed by atoms with van der Waals surface area (Å²) < 4.78 is 0. The molecule has 0 fully saturated rings. The SMILES string of the molecule is Nc1ncc(Cl)nc1CNC(=S)Nc1cccc(Cl)c1. The average molecular weight is 328 g/mol. The lowest BCUT2D eigenvalue weighted by Gasteiger charge is -2.11. The topological polar surface area (TPSA) is 75.9 Å². The Kier molecular flexibility index (Phi) is 4.94. The van der Waals surface area contributed by atoms with Gasteiger partial charge in [-0.15, -0.1) is 0 Å². The maximum absolute atomic E-state index is 5.89. The molecule has 20 heavy (non-hydrogen) atoms. The molecule has 0 atom stereocenters. The van der Waals surface area contributed by atoms with Gasteiger partial charge in [0, 0.05) is 10.7 Å². The van der Waals surface area contributed by atoms with Crippen molar-refractivity contribution in [1.29, 1.82) is 0 Å². The highest BCUT2D eigenvalue weighted by atomic mass is 35.5. The van der Waals surface area contributed by atoms with E-state index in [1.807, 2.05) is 12.1 Å². The van der Waals surface area contributed by atoms with E-state index in [0.717, 1.165) is 5.69 Å². The standard InChI is InChI=1S/C12H11Cl2N5S/c13-7-2-1-3-8(4-7)18-12(20)17-5-9-11(15)16-6-10(14)19-9/h1-4,6H,5H2,(H2,15,16)(H2,17,18,20). The van der Waals surface area contributed by atoms with Crippen LogP contribution in [-0.2, 0) is 6.54 Å². The number of nitrogens with zero attached hydrogens (tertiary/aromatic N) is 2. The Balaban J connectivity index is 1.94. The molecule has 0 aliphatic carbocycles. The quantitative estimate of drug-likeness (QED) is 0.752. The van der Waals surface area contributed by atoms with E-state index in [1.54, 1.807) is 12.1 Å². The molecule has 1 aromatic heterocycles. The second-order valence-corrected chi connectivity index (χ2v) is 5.07. The van der Waals surface area contributed by atoms with Crippen LogP contribution in [0, 0.1) is 0 Å². The second-order valence-electron chi connectivity index (χ2n) is 3.84. The number of benzene rings is 1. The third-order valence-corrected chi connectivity index (χ3v) is 3.01. The molecule has 0 bridgehead atoms. The predicted octanol–water partition coefficient (Wildman–Crippen LogP) is 2.85. The fraction of sp³-hybridized carbons (Fsp3) is 0.0833. The van der Waals surface area contributed by atoms with Crippen LogP contribution < -0.4 is 16.4 Å². The largest absolute Gasteiger partial charge is 0.382 e. The Morgan fingerprint density at radius 3 is 2.90 bits per heavy atom. The zero-order valence-corrected chi connectivity index (χ0v) is 12.6. The molecule has 1 aromatic carbocycles. The molecule has 2 rings (SSSR count). The summed E-state index contributed by atoms with van der Waals surface area (Å²) in [5.74, 6) is 0.312. The number of rotatable bonds is 3. The van der Waals surface area contributed by atoms with Gasteiger partial charge in [0.25, 0.3) is 0 Å². The van der Waals surface area contributed by atoms with Crippen LogP contribution in [0.4, 0.5) is 11.5 Å². The first kappa shape index (κ1) is 14.8.